The number of benzene rings is 1. The van der Waals surface area contributed by atoms with E-state index in [4.69, 9.17) is 0 Å². The summed E-state index contributed by atoms with van der Waals surface area (Å²) in [7, 11) is 0. The molecule has 0 spiro atoms. The largest absolute Gasteiger partial charge is 0.388 e. The predicted molar refractivity (Wildman–Crippen MR) is 49.1 cm³/mol. The van der Waals surface area contributed by atoms with Crippen LogP contribution in [0.4, 0.5) is 0 Å². The Morgan fingerprint density at radius 3 is 3.08 bits per heavy atom. The van der Waals surface area contributed by atoms with Crippen molar-refractivity contribution in [3.05, 3.63) is 34.9 Å². The summed E-state index contributed by atoms with van der Waals surface area (Å²) in [5, 5.41) is 9.65. The molecule has 0 aliphatic heterocycles. The van der Waals surface area contributed by atoms with Crippen LogP contribution in [0.2, 0.25) is 0 Å². The molecule has 0 unspecified atom stereocenters. The van der Waals surface area contributed by atoms with Gasteiger partial charge in [-0.2, -0.15) is 0 Å². The molecular formula is C11H14O. The highest BCUT2D eigenvalue weighted by Gasteiger charge is 2.16. The Balaban J connectivity index is 2.46. The average Bonchev–Trinajstić information content (AvgIpc) is 2.04. The molecule has 0 radical (unpaired) electrons. The van der Waals surface area contributed by atoms with Crippen molar-refractivity contribution in [2.24, 2.45) is 0 Å². The third kappa shape index (κ3) is 1.25. The van der Waals surface area contributed by atoms with Gasteiger partial charge in [0.05, 0.1) is 6.10 Å². The summed E-state index contributed by atoms with van der Waals surface area (Å²) in [6.45, 7) is 2.10. The first-order chi connectivity index (χ1) is 5.77. The van der Waals surface area contributed by atoms with Crippen molar-refractivity contribution < 1.29 is 5.11 Å². The van der Waals surface area contributed by atoms with Crippen LogP contribution in [0.3, 0.4) is 0 Å². The molecule has 2 rings (SSSR count). The molecule has 1 aromatic carbocycles. The Morgan fingerprint density at radius 2 is 2.25 bits per heavy atom. The zero-order valence-corrected chi connectivity index (χ0v) is 7.38. The highest BCUT2D eigenvalue weighted by atomic mass is 16.3. The van der Waals surface area contributed by atoms with Gasteiger partial charge in [-0.05, 0) is 37.3 Å². The van der Waals surface area contributed by atoms with Crippen molar-refractivity contribution in [3.8, 4) is 0 Å². The van der Waals surface area contributed by atoms with Crippen molar-refractivity contribution in [2.45, 2.75) is 32.3 Å². The van der Waals surface area contributed by atoms with Crippen molar-refractivity contribution >= 4 is 0 Å². The van der Waals surface area contributed by atoms with Crippen LogP contribution in [0, 0.1) is 6.92 Å². The maximum Gasteiger partial charge on any atom is 0.0792 e. The minimum absolute atomic E-state index is 0.214. The van der Waals surface area contributed by atoms with E-state index in [-0.39, 0.29) is 6.10 Å². The van der Waals surface area contributed by atoms with Crippen molar-refractivity contribution in [1.29, 1.82) is 0 Å². The SMILES string of the molecule is Cc1ccc2c(c1)CCC[C@@H]2O. The lowest BCUT2D eigenvalue weighted by Gasteiger charge is -2.21. The molecule has 1 N–H and O–H groups in total. The Morgan fingerprint density at radius 1 is 1.42 bits per heavy atom. The smallest absolute Gasteiger partial charge is 0.0792 e. The minimum Gasteiger partial charge on any atom is -0.388 e. The molecule has 12 heavy (non-hydrogen) atoms. The van der Waals surface area contributed by atoms with Crippen LogP contribution in [-0.4, -0.2) is 5.11 Å². The highest BCUT2D eigenvalue weighted by molar-refractivity contribution is 5.34. The van der Waals surface area contributed by atoms with Crippen LogP contribution < -0.4 is 0 Å². The maximum absolute atomic E-state index is 9.65. The normalized spacial score (nSPS) is 22.0. The molecule has 1 aliphatic rings. The molecule has 0 saturated heterocycles. The van der Waals surface area contributed by atoms with Gasteiger partial charge in [-0.25, -0.2) is 0 Å². The van der Waals surface area contributed by atoms with E-state index >= 15 is 0 Å². The Bertz CT molecular complexity index is 291. The first-order valence-corrected chi connectivity index (χ1v) is 4.55. The van der Waals surface area contributed by atoms with Gasteiger partial charge in [0, 0.05) is 0 Å². The Labute approximate surface area is 73.0 Å². The number of fused-ring (bicyclic) bond motifs is 1. The lowest BCUT2D eigenvalue weighted by atomic mass is 9.88. The molecule has 0 aromatic heterocycles. The van der Waals surface area contributed by atoms with E-state index in [1.807, 2.05) is 0 Å². The summed E-state index contributed by atoms with van der Waals surface area (Å²) in [5.74, 6) is 0. The van der Waals surface area contributed by atoms with E-state index in [1.54, 1.807) is 0 Å². The molecule has 1 heteroatoms. The topological polar surface area (TPSA) is 20.2 Å². The lowest BCUT2D eigenvalue weighted by Crippen LogP contribution is -2.08. The Hall–Kier alpha value is -0.820. The summed E-state index contributed by atoms with van der Waals surface area (Å²) in [4.78, 5) is 0. The fourth-order valence-corrected chi connectivity index (χ4v) is 1.92. The van der Waals surface area contributed by atoms with Gasteiger partial charge < -0.3 is 5.11 Å². The van der Waals surface area contributed by atoms with Crippen molar-refractivity contribution in [1.82, 2.24) is 0 Å². The van der Waals surface area contributed by atoms with E-state index in [9.17, 15) is 5.11 Å². The number of aliphatic hydroxyl groups excluding tert-OH is 1. The fourth-order valence-electron chi connectivity index (χ4n) is 1.92. The molecule has 0 amide bonds. The summed E-state index contributed by atoms with van der Waals surface area (Å²) in [6, 6.07) is 6.33. The second kappa shape index (κ2) is 2.91. The molecule has 1 aromatic rings. The first-order valence-electron chi connectivity index (χ1n) is 4.55. The molecule has 0 fully saturated rings. The van der Waals surface area contributed by atoms with Gasteiger partial charge in [0.15, 0.2) is 0 Å². The average molecular weight is 162 g/mol. The predicted octanol–water partition coefficient (Wildman–Crippen LogP) is 2.36. The van der Waals surface area contributed by atoms with E-state index in [0.29, 0.717) is 0 Å². The van der Waals surface area contributed by atoms with Gasteiger partial charge in [-0.15, -0.1) is 0 Å². The van der Waals surface area contributed by atoms with Crippen LogP contribution in [-0.2, 0) is 6.42 Å². The molecule has 1 aliphatic carbocycles. The van der Waals surface area contributed by atoms with Gasteiger partial charge in [0.2, 0.25) is 0 Å². The van der Waals surface area contributed by atoms with Crippen LogP contribution in [0.15, 0.2) is 18.2 Å². The third-order valence-electron chi connectivity index (χ3n) is 2.58. The molecule has 0 heterocycles. The van der Waals surface area contributed by atoms with E-state index < -0.39 is 0 Å². The number of hydrogen-bond acceptors (Lipinski definition) is 1. The fraction of sp³-hybridized carbons (Fsp3) is 0.455. The zero-order valence-electron chi connectivity index (χ0n) is 7.38. The summed E-state index contributed by atoms with van der Waals surface area (Å²) in [5.41, 5.74) is 3.78. The second-order valence-corrected chi connectivity index (χ2v) is 3.61. The summed E-state index contributed by atoms with van der Waals surface area (Å²) < 4.78 is 0. The van der Waals surface area contributed by atoms with Gasteiger partial charge in [0.1, 0.15) is 0 Å². The highest BCUT2D eigenvalue weighted by Crippen LogP contribution is 2.29. The van der Waals surface area contributed by atoms with E-state index in [1.165, 1.54) is 11.1 Å². The molecule has 0 saturated carbocycles. The third-order valence-corrected chi connectivity index (χ3v) is 2.58. The standard InChI is InChI=1S/C11H14O/c1-8-5-6-10-9(7-8)3-2-4-11(10)12/h5-7,11-12H,2-4H2,1H3/t11-/m0/s1. The molecule has 1 nitrogen and oxygen atoms in total. The van der Waals surface area contributed by atoms with E-state index in [2.05, 4.69) is 25.1 Å². The van der Waals surface area contributed by atoms with Crippen molar-refractivity contribution in [3.63, 3.8) is 0 Å². The van der Waals surface area contributed by atoms with Crippen LogP contribution >= 0.6 is 0 Å². The first kappa shape index (κ1) is 7.81. The number of aliphatic hydroxyl groups is 1. The number of rotatable bonds is 0. The number of hydrogen-bond donors (Lipinski definition) is 1. The monoisotopic (exact) mass is 162 g/mol. The minimum atomic E-state index is -0.214. The second-order valence-electron chi connectivity index (χ2n) is 3.61. The summed E-state index contributed by atoms with van der Waals surface area (Å²) >= 11 is 0. The molecule has 1 atom stereocenters. The van der Waals surface area contributed by atoms with Gasteiger partial charge in [0.25, 0.3) is 0 Å². The van der Waals surface area contributed by atoms with E-state index in [0.717, 1.165) is 24.8 Å². The number of aryl methyl sites for hydroxylation is 2. The van der Waals surface area contributed by atoms with Gasteiger partial charge in [-0.1, -0.05) is 23.8 Å². The summed E-state index contributed by atoms with van der Waals surface area (Å²) in [6.07, 6.45) is 2.97. The quantitative estimate of drug-likeness (QED) is 0.621. The van der Waals surface area contributed by atoms with Crippen LogP contribution in [0.5, 0.6) is 0 Å². The maximum atomic E-state index is 9.65. The molecule has 0 bridgehead atoms. The van der Waals surface area contributed by atoms with Gasteiger partial charge >= 0.3 is 0 Å². The van der Waals surface area contributed by atoms with Crippen molar-refractivity contribution in [2.75, 3.05) is 0 Å². The molecule has 64 valence electrons. The van der Waals surface area contributed by atoms with Gasteiger partial charge in [-0.3, -0.25) is 0 Å². The van der Waals surface area contributed by atoms with Crippen LogP contribution in [0.1, 0.15) is 35.6 Å². The lowest BCUT2D eigenvalue weighted by molar-refractivity contribution is 0.156. The van der Waals surface area contributed by atoms with Crippen LogP contribution in [0.25, 0.3) is 0 Å². The zero-order chi connectivity index (χ0) is 8.55. The molecular weight excluding hydrogens is 148 g/mol. The Kier molecular flexibility index (Phi) is 1.89.